The average molecular weight is 222 g/mol. The summed E-state index contributed by atoms with van der Waals surface area (Å²) in [7, 11) is 0. The summed E-state index contributed by atoms with van der Waals surface area (Å²) in [6.45, 7) is 1.64. The van der Waals surface area contributed by atoms with Crippen LogP contribution in [-0.4, -0.2) is 21.0 Å². The minimum atomic E-state index is -0.843. The number of rotatable bonds is 3. The lowest BCUT2D eigenvalue weighted by molar-refractivity contribution is -0.138. The van der Waals surface area contributed by atoms with Crippen molar-refractivity contribution < 1.29 is 9.90 Å². The van der Waals surface area contributed by atoms with Gasteiger partial charge in [-0.25, -0.2) is 4.98 Å². The number of nitrogens with one attached hydrogen (secondary N) is 1. The number of hydrogen-bond donors (Lipinski definition) is 2. The highest BCUT2D eigenvalue weighted by Crippen LogP contribution is 2.26. The molecule has 2 aromatic heterocycles. The summed E-state index contributed by atoms with van der Waals surface area (Å²) in [4.78, 5) is 18.0. The van der Waals surface area contributed by atoms with Gasteiger partial charge in [0.2, 0.25) is 0 Å². The van der Waals surface area contributed by atoms with Gasteiger partial charge in [-0.15, -0.1) is 11.3 Å². The van der Waals surface area contributed by atoms with Gasteiger partial charge in [-0.2, -0.15) is 0 Å². The van der Waals surface area contributed by atoms with E-state index in [2.05, 4.69) is 9.97 Å². The molecule has 0 saturated carbocycles. The average Bonchev–Trinajstić information content (AvgIpc) is 2.86. The summed E-state index contributed by atoms with van der Waals surface area (Å²) in [6.07, 6.45) is 3.65. The predicted octanol–water partition coefficient (Wildman–Crippen LogP) is 2.33. The molecule has 78 valence electrons. The van der Waals surface area contributed by atoms with Crippen LogP contribution in [0, 0.1) is 0 Å². The van der Waals surface area contributed by atoms with E-state index in [-0.39, 0.29) is 0 Å². The molecule has 2 aromatic rings. The first-order valence-electron chi connectivity index (χ1n) is 4.50. The van der Waals surface area contributed by atoms with Crippen LogP contribution in [0.4, 0.5) is 0 Å². The molecule has 0 fully saturated rings. The first-order chi connectivity index (χ1) is 7.18. The number of aromatic nitrogens is 2. The standard InChI is InChI=1S/C10H10N2O2S/c1-6(10(13)14)9-12-8(5-15-9)7-2-3-11-4-7/h2-6,11H,1H3,(H,13,14). The highest BCUT2D eigenvalue weighted by molar-refractivity contribution is 7.10. The van der Waals surface area contributed by atoms with Gasteiger partial charge in [-0.3, -0.25) is 4.79 Å². The minimum Gasteiger partial charge on any atom is -0.481 e. The number of carboxylic acid groups (broad SMARTS) is 1. The van der Waals surface area contributed by atoms with Crippen LogP contribution in [0.15, 0.2) is 23.8 Å². The molecule has 0 aliphatic rings. The SMILES string of the molecule is CC(C(=O)O)c1nc(-c2cc[nH]c2)cs1. The quantitative estimate of drug-likeness (QED) is 0.837. The summed E-state index contributed by atoms with van der Waals surface area (Å²) in [5, 5.41) is 11.3. The Labute approximate surface area is 90.6 Å². The van der Waals surface area contributed by atoms with Gasteiger partial charge in [-0.1, -0.05) is 0 Å². The molecule has 0 radical (unpaired) electrons. The molecule has 5 heteroatoms. The van der Waals surface area contributed by atoms with E-state index in [4.69, 9.17) is 5.11 Å². The second-order valence-corrected chi connectivity index (χ2v) is 4.12. The van der Waals surface area contributed by atoms with E-state index in [1.807, 2.05) is 23.8 Å². The summed E-state index contributed by atoms with van der Waals surface area (Å²) < 4.78 is 0. The van der Waals surface area contributed by atoms with E-state index in [0.717, 1.165) is 11.3 Å². The maximum atomic E-state index is 10.8. The van der Waals surface area contributed by atoms with Crippen LogP contribution in [-0.2, 0) is 4.79 Å². The molecule has 2 N–H and O–H groups in total. The number of aliphatic carboxylic acids is 1. The molecule has 0 aliphatic heterocycles. The number of aromatic amines is 1. The molecule has 0 saturated heterocycles. The molecule has 2 heterocycles. The van der Waals surface area contributed by atoms with Crippen molar-refractivity contribution in [3.8, 4) is 11.3 Å². The van der Waals surface area contributed by atoms with E-state index in [1.54, 1.807) is 6.92 Å². The second-order valence-electron chi connectivity index (χ2n) is 3.23. The van der Waals surface area contributed by atoms with E-state index >= 15 is 0 Å². The molecule has 0 aromatic carbocycles. The molecule has 1 atom stereocenters. The molecule has 2 rings (SSSR count). The normalized spacial score (nSPS) is 12.6. The molecule has 1 unspecified atom stereocenters. The molecule has 0 spiro atoms. The zero-order valence-electron chi connectivity index (χ0n) is 8.10. The van der Waals surface area contributed by atoms with Crippen molar-refractivity contribution in [2.24, 2.45) is 0 Å². The van der Waals surface area contributed by atoms with Gasteiger partial charge in [-0.05, 0) is 13.0 Å². The van der Waals surface area contributed by atoms with Crippen LogP contribution >= 0.6 is 11.3 Å². The third-order valence-electron chi connectivity index (χ3n) is 2.16. The first-order valence-corrected chi connectivity index (χ1v) is 5.38. The molecule has 0 bridgehead atoms. The smallest absolute Gasteiger partial charge is 0.313 e. The lowest BCUT2D eigenvalue weighted by Gasteiger charge is -1.99. The van der Waals surface area contributed by atoms with Crippen molar-refractivity contribution in [2.75, 3.05) is 0 Å². The highest BCUT2D eigenvalue weighted by atomic mass is 32.1. The third kappa shape index (κ3) is 1.92. The fourth-order valence-electron chi connectivity index (χ4n) is 1.21. The van der Waals surface area contributed by atoms with Gasteiger partial charge in [0.1, 0.15) is 10.9 Å². The number of thiazole rings is 1. The number of H-pyrrole nitrogens is 1. The van der Waals surface area contributed by atoms with Gasteiger partial charge >= 0.3 is 5.97 Å². The van der Waals surface area contributed by atoms with Crippen LogP contribution < -0.4 is 0 Å². The Morgan fingerprint density at radius 2 is 2.47 bits per heavy atom. The predicted molar refractivity (Wildman–Crippen MR) is 58.0 cm³/mol. The van der Waals surface area contributed by atoms with Crippen LogP contribution in [0.2, 0.25) is 0 Å². The van der Waals surface area contributed by atoms with Crippen molar-refractivity contribution in [2.45, 2.75) is 12.8 Å². The van der Waals surface area contributed by atoms with Gasteiger partial charge in [0.25, 0.3) is 0 Å². The number of hydrogen-bond acceptors (Lipinski definition) is 3. The van der Waals surface area contributed by atoms with Gasteiger partial charge < -0.3 is 10.1 Å². The fourth-order valence-corrected chi connectivity index (χ4v) is 2.09. The van der Waals surface area contributed by atoms with Crippen molar-refractivity contribution in [3.05, 3.63) is 28.8 Å². The Kier molecular flexibility index (Phi) is 2.55. The Morgan fingerprint density at radius 3 is 3.07 bits per heavy atom. The highest BCUT2D eigenvalue weighted by Gasteiger charge is 2.17. The molecule has 4 nitrogen and oxygen atoms in total. The minimum absolute atomic E-state index is 0.539. The van der Waals surface area contributed by atoms with E-state index in [1.165, 1.54) is 11.3 Å². The third-order valence-corrected chi connectivity index (χ3v) is 3.18. The Balaban J connectivity index is 2.28. The van der Waals surface area contributed by atoms with Crippen molar-refractivity contribution in [3.63, 3.8) is 0 Å². The van der Waals surface area contributed by atoms with Crippen LogP contribution in [0.1, 0.15) is 17.8 Å². The van der Waals surface area contributed by atoms with Crippen LogP contribution in [0.25, 0.3) is 11.3 Å². The van der Waals surface area contributed by atoms with Crippen molar-refractivity contribution in [1.82, 2.24) is 9.97 Å². The van der Waals surface area contributed by atoms with Crippen molar-refractivity contribution in [1.29, 1.82) is 0 Å². The van der Waals surface area contributed by atoms with Gasteiger partial charge in [0.05, 0.1) is 5.69 Å². The van der Waals surface area contributed by atoms with Crippen LogP contribution in [0.3, 0.4) is 0 Å². The summed E-state index contributed by atoms with van der Waals surface area (Å²) in [5.41, 5.74) is 1.81. The van der Waals surface area contributed by atoms with Gasteiger partial charge in [0.15, 0.2) is 0 Å². The molecular weight excluding hydrogens is 212 g/mol. The monoisotopic (exact) mass is 222 g/mol. The zero-order chi connectivity index (χ0) is 10.8. The molecule has 15 heavy (non-hydrogen) atoms. The largest absolute Gasteiger partial charge is 0.481 e. The second kappa shape index (κ2) is 3.86. The maximum absolute atomic E-state index is 10.8. The fraction of sp³-hybridized carbons (Fsp3) is 0.200. The van der Waals surface area contributed by atoms with E-state index < -0.39 is 11.9 Å². The molecular formula is C10H10N2O2S. The Morgan fingerprint density at radius 1 is 1.67 bits per heavy atom. The topological polar surface area (TPSA) is 66.0 Å². The van der Waals surface area contributed by atoms with Gasteiger partial charge in [0, 0.05) is 23.3 Å². The number of carbonyl (C=O) groups is 1. The van der Waals surface area contributed by atoms with Crippen LogP contribution in [0.5, 0.6) is 0 Å². The summed E-state index contributed by atoms with van der Waals surface area (Å²) in [5.74, 6) is -1.38. The zero-order valence-corrected chi connectivity index (χ0v) is 8.91. The molecule has 0 amide bonds. The van der Waals surface area contributed by atoms with E-state index in [9.17, 15) is 4.79 Å². The number of nitrogens with zero attached hydrogens (tertiary/aromatic N) is 1. The Bertz CT molecular complexity index is 461. The lowest BCUT2D eigenvalue weighted by Crippen LogP contribution is -2.06. The Hall–Kier alpha value is -1.62. The first kappa shape index (κ1) is 9.92. The summed E-state index contributed by atoms with van der Waals surface area (Å²) in [6, 6.07) is 1.91. The lowest BCUT2D eigenvalue weighted by atomic mass is 10.2. The number of carboxylic acids is 1. The maximum Gasteiger partial charge on any atom is 0.313 e. The summed E-state index contributed by atoms with van der Waals surface area (Å²) >= 11 is 1.38. The molecule has 0 aliphatic carbocycles. The van der Waals surface area contributed by atoms with E-state index in [0.29, 0.717) is 5.01 Å². The van der Waals surface area contributed by atoms with Crippen molar-refractivity contribution >= 4 is 17.3 Å².